The summed E-state index contributed by atoms with van der Waals surface area (Å²) < 4.78 is 0. The van der Waals surface area contributed by atoms with Gasteiger partial charge < -0.3 is 5.32 Å². The van der Waals surface area contributed by atoms with Crippen LogP contribution in [0.25, 0.3) is 0 Å². The molecule has 0 amide bonds. The van der Waals surface area contributed by atoms with E-state index in [0.29, 0.717) is 19.3 Å². The Kier molecular flexibility index (Phi) is 3.43. The zero-order valence-corrected chi connectivity index (χ0v) is 6.01. The van der Waals surface area contributed by atoms with Crippen molar-refractivity contribution in [1.29, 1.82) is 0 Å². The molecule has 1 rings (SSSR count). The van der Waals surface area contributed by atoms with Gasteiger partial charge in [0.2, 0.25) is 0 Å². The van der Waals surface area contributed by atoms with Crippen LogP contribution in [0, 0.1) is 0 Å². The van der Waals surface area contributed by atoms with Gasteiger partial charge in [-0.05, 0) is 6.42 Å². The maximum Gasteiger partial charge on any atom is 0.0976 e. The molecule has 1 aliphatic heterocycles. The van der Waals surface area contributed by atoms with Crippen LogP contribution in [0.2, 0.25) is 0 Å². The van der Waals surface area contributed by atoms with Crippen LogP contribution in [0.5, 0.6) is 0 Å². The zero-order chi connectivity index (χ0) is 7.23. The van der Waals surface area contributed by atoms with E-state index in [1.807, 2.05) is 6.08 Å². The summed E-state index contributed by atoms with van der Waals surface area (Å²) in [6, 6.07) is 0.437. The van der Waals surface area contributed by atoms with Crippen LogP contribution < -0.4 is 5.32 Å². The summed E-state index contributed by atoms with van der Waals surface area (Å²) in [4.78, 5) is 9.50. The quantitative estimate of drug-likeness (QED) is 0.460. The van der Waals surface area contributed by atoms with Crippen LogP contribution in [-0.2, 0) is 9.78 Å². The molecular formula is C7H13NO2. The van der Waals surface area contributed by atoms with Crippen molar-refractivity contribution in [2.45, 2.75) is 12.5 Å². The summed E-state index contributed by atoms with van der Waals surface area (Å²) in [6.07, 6.45) is 2.86. The Balaban J connectivity index is 2.07. The third-order valence-electron chi connectivity index (χ3n) is 1.45. The predicted molar refractivity (Wildman–Crippen MR) is 38.5 cm³/mol. The molecular weight excluding hydrogens is 130 g/mol. The van der Waals surface area contributed by atoms with Crippen LogP contribution in [-0.4, -0.2) is 25.8 Å². The predicted octanol–water partition coefficient (Wildman–Crippen LogP) is 0.482. The molecule has 1 atom stereocenters. The highest BCUT2D eigenvalue weighted by atomic mass is 17.2. The van der Waals surface area contributed by atoms with Crippen molar-refractivity contribution in [2.24, 2.45) is 0 Å². The van der Waals surface area contributed by atoms with E-state index in [-0.39, 0.29) is 0 Å². The highest BCUT2D eigenvalue weighted by Crippen LogP contribution is 2.01. The summed E-state index contributed by atoms with van der Waals surface area (Å²) in [5.74, 6) is 0. The third-order valence-corrected chi connectivity index (χ3v) is 1.45. The van der Waals surface area contributed by atoms with Gasteiger partial charge in [0.05, 0.1) is 13.2 Å². The van der Waals surface area contributed by atoms with E-state index in [9.17, 15) is 0 Å². The van der Waals surface area contributed by atoms with Crippen molar-refractivity contribution < 1.29 is 9.78 Å². The monoisotopic (exact) mass is 143 g/mol. The average Bonchev–Trinajstić information content (AvgIpc) is 2.03. The van der Waals surface area contributed by atoms with Gasteiger partial charge in [-0.2, -0.15) is 0 Å². The first-order valence-corrected chi connectivity index (χ1v) is 3.52. The number of rotatable bonds is 3. The molecule has 3 heteroatoms. The molecule has 0 spiro atoms. The largest absolute Gasteiger partial charge is 0.308 e. The lowest BCUT2D eigenvalue weighted by Crippen LogP contribution is -2.37. The molecule has 1 fully saturated rings. The summed E-state index contributed by atoms with van der Waals surface area (Å²) >= 11 is 0. The van der Waals surface area contributed by atoms with E-state index in [1.165, 1.54) is 0 Å². The molecule has 10 heavy (non-hydrogen) atoms. The zero-order valence-electron chi connectivity index (χ0n) is 6.01. The maximum atomic E-state index is 4.78. The topological polar surface area (TPSA) is 30.5 Å². The second-order valence-electron chi connectivity index (χ2n) is 2.29. The first-order chi connectivity index (χ1) is 4.93. The van der Waals surface area contributed by atoms with Gasteiger partial charge in [-0.3, -0.25) is 0 Å². The molecule has 1 saturated heterocycles. The molecule has 0 aromatic carbocycles. The second-order valence-corrected chi connectivity index (χ2v) is 2.29. The summed E-state index contributed by atoms with van der Waals surface area (Å²) in [5.41, 5.74) is 0. The van der Waals surface area contributed by atoms with Crippen molar-refractivity contribution >= 4 is 0 Å². The molecule has 3 nitrogen and oxygen atoms in total. The lowest BCUT2D eigenvalue weighted by molar-refractivity contribution is -0.317. The average molecular weight is 143 g/mol. The Bertz CT molecular complexity index is 99.8. The van der Waals surface area contributed by atoms with E-state index in [4.69, 9.17) is 9.78 Å². The van der Waals surface area contributed by atoms with Crippen molar-refractivity contribution in [3.63, 3.8) is 0 Å². The minimum absolute atomic E-state index is 0.437. The molecule has 1 unspecified atom stereocenters. The van der Waals surface area contributed by atoms with Gasteiger partial charge >= 0.3 is 0 Å². The van der Waals surface area contributed by atoms with E-state index in [0.717, 1.165) is 13.0 Å². The number of hydrogen-bond acceptors (Lipinski definition) is 3. The molecule has 1 N–H and O–H groups in total. The fraction of sp³-hybridized carbons (Fsp3) is 0.714. The third kappa shape index (κ3) is 2.47. The van der Waals surface area contributed by atoms with Gasteiger partial charge in [0.15, 0.2) is 0 Å². The van der Waals surface area contributed by atoms with E-state index >= 15 is 0 Å². The second kappa shape index (κ2) is 4.44. The molecule has 0 bridgehead atoms. The normalized spacial score (nSPS) is 26.2. The maximum absolute atomic E-state index is 4.78. The molecule has 0 aromatic heterocycles. The molecule has 0 radical (unpaired) electrons. The standard InChI is InChI=1S/C7H13NO2/c1-2-4-8-7-3-5-9-10-6-7/h2,7-8H,1,3-6H2. The summed E-state index contributed by atoms with van der Waals surface area (Å²) in [5, 5.41) is 3.25. The van der Waals surface area contributed by atoms with Crippen LogP contribution >= 0.6 is 0 Å². The molecule has 0 aromatic rings. The highest BCUT2D eigenvalue weighted by Gasteiger charge is 2.12. The van der Waals surface area contributed by atoms with Crippen LogP contribution in [0.3, 0.4) is 0 Å². The minimum Gasteiger partial charge on any atom is -0.308 e. The SMILES string of the molecule is C=CCNC1CCOOC1. The number of hydrogen-bond donors (Lipinski definition) is 1. The summed E-state index contributed by atoms with van der Waals surface area (Å²) in [7, 11) is 0. The molecule has 0 saturated carbocycles. The van der Waals surface area contributed by atoms with Crippen LogP contribution in [0.4, 0.5) is 0 Å². The first kappa shape index (κ1) is 7.72. The first-order valence-electron chi connectivity index (χ1n) is 3.52. The Morgan fingerprint density at radius 3 is 3.10 bits per heavy atom. The van der Waals surface area contributed by atoms with Gasteiger partial charge in [0, 0.05) is 12.6 Å². The Labute approximate surface area is 60.9 Å². The number of nitrogens with one attached hydrogen (secondary N) is 1. The van der Waals surface area contributed by atoms with Crippen molar-refractivity contribution in [2.75, 3.05) is 19.8 Å². The molecule has 1 aliphatic rings. The van der Waals surface area contributed by atoms with E-state index in [1.54, 1.807) is 0 Å². The Hall–Kier alpha value is -0.380. The van der Waals surface area contributed by atoms with E-state index in [2.05, 4.69) is 11.9 Å². The van der Waals surface area contributed by atoms with Crippen molar-refractivity contribution in [1.82, 2.24) is 5.32 Å². The van der Waals surface area contributed by atoms with Gasteiger partial charge in [-0.25, -0.2) is 9.78 Å². The summed E-state index contributed by atoms with van der Waals surface area (Å²) in [6.45, 7) is 5.79. The fourth-order valence-electron chi connectivity index (χ4n) is 0.874. The lowest BCUT2D eigenvalue weighted by atomic mass is 10.2. The Morgan fingerprint density at radius 1 is 1.60 bits per heavy atom. The molecule has 1 heterocycles. The van der Waals surface area contributed by atoms with Crippen LogP contribution in [0.15, 0.2) is 12.7 Å². The highest BCUT2D eigenvalue weighted by molar-refractivity contribution is 4.75. The Morgan fingerprint density at radius 2 is 2.50 bits per heavy atom. The van der Waals surface area contributed by atoms with Gasteiger partial charge in [0.1, 0.15) is 0 Å². The van der Waals surface area contributed by atoms with Gasteiger partial charge in [-0.15, -0.1) is 6.58 Å². The smallest absolute Gasteiger partial charge is 0.0976 e. The van der Waals surface area contributed by atoms with Crippen molar-refractivity contribution in [3.8, 4) is 0 Å². The fourth-order valence-corrected chi connectivity index (χ4v) is 0.874. The van der Waals surface area contributed by atoms with Crippen LogP contribution in [0.1, 0.15) is 6.42 Å². The molecule has 58 valence electrons. The van der Waals surface area contributed by atoms with Gasteiger partial charge in [-0.1, -0.05) is 6.08 Å². The molecule has 0 aliphatic carbocycles. The van der Waals surface area contributed by atoms with E-state index < -0.39 is 0 Å². The lowest BCUT2D eigenvalue weighted by Gasteiger charge is -2.21. The minimum atomic E-state index is 0.437. The van der Waals surface area contributed by atoms with Crippen molar-refractivity contribution in [3.05, 3.63) is 12.7 Å². The van der Waals surface area contributed by atoms with Gasteiger partial charge in [0.25, 0.3) is 0 Å².